The predicted octanol–water partition coefficient (Wildman–Crippen LogP) is 22.3. The van der Waals surface area contributed by atoms with E-state index in [0.29, 0.717) is 19.3 Å². The van der Waals surface area contributed by atoms with Gasteiger partial charge in [0.1, 0.15) is 13.2 Å². The van der Waals surface area contributed by atoms with E-state index >= 15 is 0 Å². The fourth-order valence-electron chi connectivity index (χ4n) is 9.55. The Morgan fingerprint density at radius 1 is 0.280 bits per heavy atom. The topological polar surface area (TPSA) is 78.9 Å². The van der Waals surface area contributed by atoms with Crippen molar-refractivity contribution in [2.75, 3.05) is 13.2 Å². The lowest BCUT2D eigenvalue weighted by Gasteiger charge is -2.18. The molecule has 0 rings (SSSR count). The van der Waals surface area contributed by atoms with Crippen molar-refractivity contribution in [2.45, 2.75) is 348 Å². The summed E-state index contributed by atoms with van der Waals surface area (Å²) in [5.74, 6) is -0.913. The van der Waals surface area contributed by atoms with Gasteiger partial charge in [-0.3, -0.25) is 14.4 Å². The maximum Gasteiger partial charge on any atom is 0.306 e. The van der Waals surface area contributed by atoms with Crippen molar-refractivity contribution >= 4 is 17.9 Å². The van der Waals surface area contributed by atoms with Gasteiger partial charge in [0, 0.05) is 19.3 Å². The average Bonchev–Trinajstić information content (AvgIpc) is 3.41. The van der Waals surface area contributed by atoms with Crippen LogP contribution in [0.4, 0.5) is 0 Å². The van der Waals surface area contributed by atoms with Crippen LogP contribution in [-0.4, -0.2) is 37.2 Å². The first-order valence-electron chi connectivity index (χ1n) is 32.8. The summed E-state index contributed by atoms with van der Waals surface area (Å²) in [7, 11) is 0. The molecule has 0 aliphatic heterocycles. The van der Waals surface area contributed by atoms with Crippen molar-refractivity contribution in [3.63, 3.8) is 0 Å². The van der Waals surface area contributed by atoms with Crippen molar-refractivity contribution in [1.82, 2.24) is 0 Å². The lowest BCUT2D eigenvalue weighted by molar-refractivity contribution is -0.167. The van der Waals surface area contributed by atoms with Crippen LogP contribution in [0.5, 0.6) is 0 Å². The molecule has 0 radical (unpaired) electrons. The first kappa shape index (κ1) is 72.1. The molecule has 6 nitrogen and oxygen atoms in total. The van der Waals surface area contributed by atoms with Crippen LogP contribution in [0.15, 0.2) is 60.8 Å². The standard InChI is InChI=1S/C69H124O6/c1-4-7-10-13-16-19-22-24-25-26-27-28-29-30-31-32-33-34-35-36-37-38-39-40-41-42-43-45-47-50-53-56-59-62-68(71)74-65-66(64-73-67(70)61-58-55-52-49-46-21-18-15-12-9-6-3)75-69(72)63-60-57-54-51-48-44-23-20-17-14-11-8-5-2/h8,11,15,17-18,20,26-27,44,48,66H,4-7,9-10,12-14,16,19,21-25,28-43,45-47,49-65H2,1-3H3/b11-8-,18-15-,20-17-,27-26-,48-44-. The molecular weight excluding hydrogens is 925 g/mol. The molecule has 0 aliphatic rings. The van der Waals surface area contributed by atoms with Crippen molar-refractivity contribution in [1.29, 1.82) is 0 Å². The van der Waals surface area contributed by atoms with Crippen molar-refractivity contribution in [3.05, 3.63) is 60.8 Å². The molecule has 0 bridgehead atoms. The highest BCUT2D eigenvalue weighted by molar-refractivity contribution is 5.71. The molecule has 1 atom stereocenters. The van der Waals surface area contributed by atoms with Crippen LogP contribution in [0.3, 0.4) is 0 Å². The second-order valence-corrected chi connectivity index (χ2v) is 22.0. The minimum absolute atomic E-state index is 0.0861. The molecule has 6 heteroatoms. The Morgan fingerprint density at radius 3 is 0.880 bits per heavy atom. The summed E-state index contributed by atoms with van der Waals surface area (Å²) in [5, 5.41) is 0. The van der Waals surface area contributed by atoms with E-state index in [2.05, 4.69) is 81.5 Å². The maximum atomic E-state index is 12.8. The van der Waals surface area contributed by atoms with Crippen LogP contribution >= 0.6 is 0 Å². The minimum Gasteiger partial charge on any atom is -0.462 e. The third-order valence-electron chi connectivity index (χ3n) is 14.5. The summed E-state index contributed by atoms with van der Waals surface area (Å²) in [6, 6.07) is 0. The van der Waals surface area contributed by atoms with E-state index < -0.39 is 6.10 Å². The van der Waals surface area contributed by atoms with Crippen molar-refractivity contribution in [2.24, 2.45) is 0 Å². The monoisotopic (exact) mass is 1050 g/mol. The molecule has 1 unspecified atom stereocenters. The van der Waals surface area contributed by atoms with E-state index in [1.165, 1.54) is 212 Å². The van der Waals surface area contributed by atoms with Gasteiger partial charge in [-0.2, -0.15) is 0 Å². The van der Waals surface area contributed by atoms with Crippen LogP contribution in [0.1, 0.15) is 342 Å². The molecular formula is C69H124O6. The number of esters is 3. The molecule has 0 aromatic heterocycles. The molecule has 0 saturated carbocycles. The summed E-state index contributed by atoms with van der Waals surface area (Å²) in [4.78, 5) is 38.1. The number of carbonyl (C=O) groups is 3. The maximum absolute atomic E-state index is 12.8. The fourth-order valence-corrected chi connectivity index (χ4v) is 9.55. The molecule has 75 heavy (non-hydrogen) atoms. The second-order valence-electron chi connectivity index (χ2n) is 22.0. The number of allylic oxidation sites excluding steroid dienone is 10. The highest BCUT2D eigenvalue weighted by atomic mass is 16.6. The van der Waals surface area contributed by atoms with Crippen molar-refractivity contribution < 1.29 is 28.6 Å². The zero-order chi connectivity index (χ0) is 54.3. The second kappa shape index (κ2) is 63.6. The Hall–Kier alpha value is -2.89. The first-order chi connectivity index (χ1) is 37.0. The van der Waals surface area contributed by atoms with Gasteiger partial charge in [0.2, 0.25) is 0 Å². The lowest BCUT2D eigenvalue weighted by atomic mass is 10.0. The first-order valence-corrected chi connectivity index (χ1v) is 32.8. The highest BCUT2D eigenvalue weighted by Gasteiger charge is 2.19. The van der Waals surface area contributed by atoms with E-state index in [4.69, 9.17) is 14.2 Å². The number of ether oxygens (including phenoxy) is 3. The molecule has 0 fully saturated rings. The average molecular weight is 1050 g/mol. The lowest BCUT2D eigenvalue weighted by Crippen LogP contribution is -2.30. The van der Waals surface area contributed by atoms with Gasteiger partial charge in [-0.15, -0.1) is 0 Å². The van der Waals surface area contributed by atoms with Gasteiger partial charge >= 0.3 is 17.9 Å². The Balaban J connectivity index is 4.04. The van der Waals surface area contributed by atoms with Gasteiger partial charge in [0.05, 0.1) is 0 Å². The zero-order valence-electron chi connectivity index (χ0n) is 50.1. The number of hydrogen-bond acceptors (Lipinski definition) is 6. The molecule has 0 saturated heterocycles. The van der Waals surface area contributed by atoms with Gasteiger partial charge in [0.25, 0.3) is 0 Å². The van der Waals surface area contributed by atoms with Gasteiger partial charge in [0.15, 0.2) is 6.10 Å². The third kappa shape index (κ3) is 61.8. The van der Waals surface area contributed by atoms with E-state index in [9.17, 15) is 14.4 Å². The Bertz CT molecular complexity index is 1340. The summed E-state index contributed by atoms with van der Waals surface area (Å²) in [6.45, 7) is 6.49. The summed E-state index contributed by atoms with van der Waals surface area (Å²) >= 11 is 0. The molecule has 0 aliphatic carbocycles. The third-order valence-corrected chi connectivity index (χ3v) is 14.5. The summed E-state index contributed by atoms with van der Waals surface area (Å²) < 4.78 is 16.8. The quantitative estimate of drug-likeness (QED) is 0.0261. The van der Waals surface area contributed by atoms with E-state index in [0.717, 1.165) is 89.9 Å². The highest BCUT2D eigenvalue weighted by Crippen LogP contribution is 2.17. The van der Waals surface area contributed by atoms with E-state index in [1.807, 2.05) is 0 Å². The smallest absolute Gasteiger partial charge is 0.306 e. The van der Waals surface area contributed by atoms with Gasteiger partial charge in [-0.05, 0) is 96.3 Å². The van der Waals surface area contributed by atoms with Gasteiger partial charge in [-0.25, -0.2) is 0 Å². The fraction of sp³-hybridized carbons (Fsp3) is 0.812. The van der Waals surface area contributed by atoms with E-state index in [1.54, 1.807) is 0 Å². The van der Waals surface area contributed by atoms with Crippen LogP contribution in [0.25, 0.3) is 0 Å². The molecule has 0 spiro atoms. The van der Waals surface area contributed by atoms with Crippen LogP contribution in [-0.2, 0) is 28.6 Å². The normalized spacial score (nSPS) is 12.4. The molecule has 0 amide bonds. The molecule has 0 aromatic rings. The van der Waals surface area contributed by atoms with Crippen LogP contribution in [0.2, 0.25) is 0 Å². The van der Waals surface area contributed by atoms with Gasteiger partial charge < -0.3 is 14.2 Å². The molecule has 0 aromatic carbocycles. The summed E-state index contributed by atoms with van der Waals surface area (Å²) in [5.41, 5.74) is 0. The molecule has 436 valence electrons. The molecule has 0 N–H and O–H groups in total. The number of unbranched alkanes of at least 4 members (excludes halogenated alkanes) is 39. The predicted molar refractivity (Wildman–Crippen MR) is 325 cm³/mol. The van der Waals surface area contributed by atoms with Crippen molar-refractivity contribution in [3.8, 4) is 0 Å². The minimum atomic E-state index is -0.791. The largest absolute Gasteiger partial charge is 0.462 e. The SMILES string of the molecule is CC/C=C\C/C=C\C/C=C\CCCCCC(=O)OC(COC(=O)CCCCCCC/C=C\CCCC)COC(=O)CCCCCCCCCCCCCCCCCCCCCCC/C=C\CCCCCCCCCC. The Kier molecular flexibility index (Phi) is 61.2. The molecule has 0 heterocycles. The number of hydrogen-bond donors (Lipinski definition) is 0. The zero-order valence-corrected chi connectivity index (χ0v) is 50.1. The van der Waals surface area contributed by atoms with E-state index in [-0.39, 0.29) is 31.1 Å². The summed E-state index contributed by atoms with van der Waals surface area (Å²) in [6.07, 6.45) is 81.3. The Labute approximate surface area is 466 Å². The number of rotatable bonds is 60. The van der Waals surface area contributed by atoms with Crippen LogP contribution in [0, 0.1) is 0 Å². The number of carbonyl (C=O) groups excluding carboxylic acids is 3. The Morgan fingerprint density at radius 2 is 0.533 bits per heavy atom. The van der Waals surface area contributed by atoms with Gasteiger partial charge in [-0.1, -0.05) is 287 Å². The van der Waals surface area contributed by atoms with Crippen LogP contribution < -0.4 is 0 Å².